The predicted octanol–water partition coefficient (Wildman–Crippen LogP) is -0.0890. The summed E-state index contributed by atoms with van der Waals surface area (Å²) in [6.45, 7) is 2.88. The monoisotopic (exact) mass is 315 g/mol. The van der Waals surface area contributed by atoms with Gasteiger partial charge in [0.1, 0.15) is 5.82 Å². The minimum Gasteiger partial charge on any atom is -0.346 e. The van der Waals surface area contributed by atoms with E-state index >= 15 is 0 Å². The zero-order valence-electron chi connectivity index (χ0n) is 12.3. The molecule has 1 aromatic rings. The molecule has 0 saturated carbocycles. The molecule has 1 aliphatic rings. The first-order valence-electron chi connectivity index (χ1n) is 7.07. The van der Waals surface area contributed by atoms with Gasteiger partial charge in [-0.2, -0.15) is 0 Å². The van der Waals surface area contributed by atoms with Crippen molar-refractivity contribution >= 4 is 15.9 Å². The lowest BCUT2D eigenvalue weighted by Gasteiger charge is -2.30. The van der Waals surface area contributed by atoms with Crippen LogP contribution < -0.4 is 5.32 Å². The van der Waals surface area contributed by atoms with Crippen molar-refractivity contribution in [3.63, 3.8) is 0 Å². The van der Waals surface area contributed by atoms with E-state index < -0.39 is 10.0 Å². The molecule has 1 saturated heterocycles. The molecular formula is C12H21N5O3S. The van der Waals surface area contributed by atoms with Gasteiger partial charge in [-0.1, -0.05) is 6.92 Å². The maximum absolute atomic E-state index is 12.0. The van der Waals surface area contributed by atoms with E-state index in [1.165, 1.54) is 10.6 Å². The number of nitrogens with zero attached hydrogens (tertiary/aromatic N) is 3. The van der Waals surface area contributed by atoms with Gasteiger partial charge in [-0.15, -0.1) is 5.10 Å². The third-order valence-electron chi connectivity index (χ3n) is 3.48. The molecule has 0 aromatic carbocycles. The number of aromatic amines is 1. The lowest BCUT2D eigenvalue weighted by atomic mass is 10.1. The minimum atomic E-state index is -3.14. The highest BCUT2D eigenvalue weighted by molar-refractivity contribution is 7.88. The summed E-state index contributed by atoms with van der Waals surface area (Å²) in [7, 11) is -3.14. The summed E-state index contributed by atoms with van der Waals surface area (Å²) in [5, 5.41) is 9.50. The Balaban J connectivity index is 1.86. The van der Waals surface area contributed by atoms with Crippen molar-refractivity contribution in [1.82, 2.24) is 24.8 Å². The number of hydrogen-bond donors (Lipinski definition) is 2. The van der Waals surface area contributed by atoms with Gasteiger partial charge in [-0.25, -0.2) is 17.7 Å². The van der Waals surface area contributed by atoms with Crippen LogP contribution in [-0.4, -0.2) is 59.2 Å². The second-order valence-corrected chi connectivity index (χ2v) is 7.25. The Morgan fingerprint density at radius 3 is 2.67 bits per heavy atom. The Bertz CT molecular complexity index is 590. The van der Waals surface area contributed by atoms with Crippen LogP contribution in [0, 0.1) is 0 Å². The molecule has 21 heavy (non-hydrogen) atoms. The topological polar surface area (TPSA) is 108 Å². The smallest absolute Gasteiger partial charge is 0.291 e. The largest absolute Gasteiger partial charge is 0.346 e. The average Bonchev–Trinajstić information content (AvgIpc) is 2.87. The van der Waals surface area contributed by atoms with E-state index in [9.17, 15) is 13.2 Å². The Hall–Kier alpha value is -1.48. The van der Waals surface area contributed by atoms with Crippen LogP contribution in [0.1, 0.15) is 42.6 Å². The number of carbonyl (C=O) groups excluding carboxylic acids is 1. The van der Waals surface area contributed by atoms with Crippen molar-refractivity contribution < 1.29 is 13.2 Å². The summed E-state index contributed by atoms with van der Waals surface area (Å²) in [6, 6.07) is -0.0383. The lowest BCUT2D eigenvalue weighted by molar-refractivity contribution is 0.0913. The molecule has 2 rings (SSSR count). The summed E-state index contributed by atoms with van der Waals surface area (Å²) in [5.74, 6) is 0.532. The summed E-state index contributed by atoms with van der Waals surface area (Å²) in [4.78, 5) is 16.2. The predicted molar refractivity (Wildman–Crippen MR) is 77.3 cm³/mol. The first-order valence-corrected chi connectivity index (χ1v) is 8.92. The molecule has 1 aromatic heterocycles. The van der Waals surface area contributed by atoms with Gasteiger partial charge in [0.2, 0.25) is 15.8 Å². The number of hydrogen-bond acceptors (Lipinski definition) is 5. The van der Waals surface area contributed by atoms with Gasteiger partial charge in [-0.05, 0) is 19.3 Å². The van der Waals surface area contributed by atoms with Crippen LogP contribution in [0.4, 0.5) is 0 Å². The molecule has 1 aliphatic heterocycles. The van der Waals surface area contributed by atoms with Crippen molar-refractivity contribution in [2.24, 2.45) is 0 Å². The molecular weight excluding hydrogens is 294 g/mol. The van der Waals surface area contributed by atoms with Crippen LogP contribution in [0.2, 0.25) is 0 Å². The number of amides is 1. The van der Waals surface area contributed by atoms with Gasteiger partial charge in [-0.3, -0.25) is 9.89 Å². The van der Waals surface area contributed by atoms with Crippen LogP contribution in [0.25, 0.3) is 0 Å². The number of aryl methyl sites for hydroxylation is 1. The van der Waals surface area contributed by atoms with Crippen molar-refractivity contribution in [3.8, 4) is 0 Å². The number of aromatic nitrogens is 3. The van der Waals surface area contributed by atoms with Gasteiger partial charge in [0.25, 0.3) is 5.91 Å². The lowest BCUT2D eigenvalue weighted by Crippen LogP contribution is -2.46. The number of rotatable bonds is 5. The highest BCUT2D eigenvalue weighted by Gasteiger charge is 2.26. The maximum atomic E-state index is 12.0. The maximum Gasteiger partial charge on any atom is 0.291 e. The van der Waals surface area contributed by atoms with Gasteiger partial charge < -0.3 is 5.32 Å². The molecule has 0 spiro atoms. The number of carbonyl (C=O) groups is 1. The standard InChI is InChI=1S/C12H21N5O3S/c1-3-4-10-14-11(16-15-10)12(18)13-9-5-7-17(8-6-9)21(2,19)20/h9H,3-8H2,1-2H3,(H,13,18)(H,14,15,16). The van der Waals surface area contributed by atoms with Crippen molar-refractivity contribution in [2.45, 2.75) is 38.6 Å². The van der Waals surface area contributed by atoms with E-state index in [4.69, 9.17) is 0 Å². The summed E-state index contributed by atoms with van der Waals surface area (Å²) in [5.41, 5.74) is 0. The number of piperidine rings is 1. The Kier molecular flexibility index (Phi) is 4.94. The zero-order chi connectivity index (χ0) is 15.5. The van der Waals surface area contributed by atoms with Gasteiger partial charge >= 0.3 is 0 Å². The minimum absolute atomic E-state index is 0.0383. The Morgan fingerprint density at radius 1 is 1.43 bits per heavy atom. The first-order chi connectivity index (χ1) is 9.90. The first kappa shape index (κ1) is 15.9. The third-order valence-corrected chi connectivity index (χ3v) is 4.78. The van der Waals surface area contributed by atoms with E-state index in [1.807, 2.05) is 6.92 Å². The van der Waals surface area contributed by atoms with Crippen LogP contribution >= 0.6 is 0 Å². The third kappa shape index (κ3) is 4.24. The molecule has 118 valence electrons. The quantitative estimate of drug-likeness (QED) is 0.789. The molecule has 2 N–H and O–H groups in total. The van der Waals surface area contributed by atoms with Crippen LogP contribution in [0.5, 0.6) is 0 Å². The second kappa shape index (κ2) is 6.52. The Labute approximate surface area is 124 Å². The fourth-order valence-electron chi connectivity index (χ4n) is 2.33. The molecule has 0 radical (unpaired) electrons. The van der Waals surface area contributed by atoms with Crippen molar-refractivity contribution in [1.29, 1.82) is 0 Å². The van der Waals surface area contributed by atoms with E-state index in [0.29, 0.717) is 31.8 Å². The zero-order valence-corrected chi connectivity index (χ0v) is 13.1. The molecule has 1 fully saturated rings. The highest BCUT2D eigenvalue weighted by Crippen LogP contribution is 2.13. The summed E-state index contributed by atoms with van der Waals surface area (Å²) >= 11 is 0. The number of nitrogens with one attached hydrogen (secondary N) is 2. The fraction of sp³-hybridized carbons (Fsp3) is 0.750. The fourth-order valence-corrected chi connectivity index (χ4v) is 3.20. The molecule has 0 unspecified atom stereocenters. The van der Waals surface area contributed by atoms with E-state index in [2.05, 4.69) is 20.5 Å². The summed E-state index contributed by atoms with van der Waals surface area (Å²) < 4.78 is 24.3. The molecule has 0 bridgehead atoms. The molecule has 0 aliphatic carbocycles. The van der Waals surface area contributed by atoms with Crippen molar-refractivity contribution in [2.75, 3.05) is 19.3 Å². The Morgan fingerprint density at radius 2 is 2.10 bits per heavy atom. The van der Waals surface area contributed by atoms with Gasteiger partial charge in [0.15, 0.2) is 0 Å². The number of H-pyrrole nitrogens is 1. The highest BCUT2D eigenvalue weighted by atomic mass is 32.2. The summed E-state index contributed by atoms with van der Waals surface area (Å²) in [6.07, 6.45) is 4.10. The molecule has 0 atom stereocenters. The van der Waals surface area contributed by atoms with Crippen LogP contribution in [0.3, 0.4) is 0 Å². The van der Waals surface area contributed by atoms with Gasteiger partial charge in [0.05, 0.1) is 6.26 Å². The average molecular weight is 315 g/mol. The molecule has 1 amide bonds. The SMILES string of the molecule is CCCc1nc(C(=O)NC2CCN(S(C)(=O)=O)CC2)n[nH]1. The van der Waals surface area contributed by atoms with E-state index in [1.54, 1.807) is 0 Å². The normalized spacial score (nSPS) is 17.8. The van der Waals surface area contributed by atoms with Crippen molar-refractivity contribution in [3.05, 3.63) is 11.6 Å². The molecule has 2 heterocycles. The van der Waals surface area contributed by atoms with Crippen LogP contribution in [0.15, 0.2) is 0 Å². The van der Waals surface area contributed by atoms with E-state index in [0.717, 1.165) is 12.8 Å². The van der Waals surface area contributed by atoms with Gasteiger partial charge in [0, 0.05) is 25.6 Å². The van der Waals surface area contributed by atoms with Crippen LogP contribution in [-0.2, 0) is 16.4 Å². The second-order valence-electron chi connectivity index (χ2n) is 5.27. The molecule has 9 heteroatoms. The van der Waals surface area contributed by atoms with E-state index in [-0.39, 0.29) is 17.8 Å². The molecule has 8 nitrogen and oxygen atoms in total. The number of sulfonamides is 1.